The zero-order valence-electron chi connectivity index (χ0n) is 14.1. The largest absolute Gasteiger partial charge is 0.503 e. The Hall–Kier alpha value is -2.74. The van der Waals surface area contributed by atoms with Crippen LogP contribution in [-0.2, 0) is 11.8 Å². The number of halogens is 2. The number of fused-ring (bicyclic) bond motifs is 1. The number of hydrogen-bond donors (Lipinski definition) is 2. The summed E-state index contributed by atoms with van der Waals surface area (Å²) in [5, 5.41) is 15.1. The van der Waals surface area contributed by atoms with Crippen LogP contribution >= 0.6 is 0 Å². The smallest absolute Gasteiger partial charge is 0.235 e. The summed E-state index contributed by atoms with van der Waals surface area (Å²) in [5.41, 5.74) is -0.571. The Bertz CT molecular complexity index is 1030. The van der Waals surface area contributed by atoms with E-state index in [9.17, 15) is 18.7 Å². The van der Waals surface area contributed by atoms with E-state index in [0.29, 0.717) is 24.6 Å². The second-order valence-electron chi connectivity index (χ2n) is 6.39. The summed E-state index contributed by atoms with van der Waals surface area (Å²) in [6.07, 6.45) is 1.44. The second-order valence-corrected chi connectivity index (χ2v) is 6.39. The Morgan fingerprint density at radius 1 is 1.27 bits per heavy atom. The number of benzene rings is 1. The van der Waals surface area contributed by atoms with Gasteiger partial charge in [0.15, 0.2) is 5.75 Å². The second kappa shape index (κ2) is 6.21. The van der Waals surface area contributed by atoms with Gasteiger partial charge in [0.25, 0.3) is 0 Å². The molecule has 1 fully saturated rings. The topological polar surface area (TPSA) is 80.1 Å². The number of nitrogens with one attached hydrogen (secondary N) is 1. The molecule has 0 aliphatic carbocycles. The molecule has 4 rings (SSSR count). The molecule has 6 nitrogen and oxygen atoms in total. The van der Waals surface area contributed by atoms with Crippen LogP contribution in [0.25, 0.3) is 22.3 Å². The predicted octanol–water partition coefficient (Wildman–Crippen LogP) is 2.81. The Labute approximate surface area is 147 Å². The minimum Gasteiger partial charge on any atom is -0.503 e. The van der Waals surface area contributed by atoms with E-state index < -0.39 is 28.4 Å². The number of aromatic hydroxyl groups is 1. The van der Waals surface area contributed by atoms with Crippen LogP contribution in [0.4, 0.5) is 8.78 Å². The standard InChI is InChI=1S/C18H17F2N3O3/c1-23-18-13(14(22-23)9-5-7-26-8-6-9)16(24)17(25)15(21-18)12-10(19)3-2-4-11(12)20/h2-4,9,25H,5-8H2,1H3,(H,21,24). The molecule has 26 heavy (non-hydrogen) atoms. The van der Waals surface area contributed by atoms with Crippen molar-refractivity contribution >= 4 is 11.0 Å². The summed E-state index contributed by atoms with van der Waals surface area (Å²) in [6.45, 7) is 1.15. The average molecular weight is 361 g/mol. The van der Waals surface area contributed by atoms with Crippen molar-refractivity contribution < 1.29 is 18.6 Å². The number of nitrogens with zero attached hydrogens (tertiary/aromatic N) is 2. The van der Waals surface area contributed by atoms with Crippen LogP contribution < -0.4 is 5.43 Å². The van der Waals surface area contributed by atoms with E-state index in [2.05, 4.69) is 10.1 Å². The molecule has 1 aliphatic heterocycles. The molecule has 2 N–H and O–H groups in total. The van der Waals surface area contributed by atoms with Crippen LogP contribution in [0.1, 0.15) is 24.5 Å². The first kappa shape index (κ1) is 16.7. The summed E-state index contributed by atoms with van der Waals surface area (Å²) in [4.78, 5) is 15.6. The van der Waals surface area contributed by atoms with Crippen LogP contribution in [0.5, 0.6) is 5.75 Å². The van der Waals surface area contributed by atoms with Gasteiger partial charge in [-0.3, -0.25) is 9.48 Å². The first-order valence-electron chi connectivity index (χ1n) is 8.33. The number of aromatic amines is 1. The molecule has 0 saturated carbocycles. The minimum atomic E-state index is -0.873. The number of H-pyrrole nitrogens is 1. The summed E-state index contributed by atoms with van der Waals surface area (Å²) >= 11 is 0. The van der Waals surface area contributed by atoms with Gasteiger partial charge in [-0.1, -0.05) is 6.07 Å². The maximum Gasteiger partial charge on any atom is 0.235 e. The summed E-state index contributed by atoms with van der Waals surface area (Å²) < 4.78 is 35.1. The van der Waals surface area contributed by atoms with Crippen LogP contribution in [-0.4, -0.2) is 33.1 Å². The Kier molecular flexibility index (Phi) is 3.99. The quantitative estimate of drug-likeness (QED) is 0.736. The van der Waals surface area contributed by atoms with Gasteiger partial charge in [0.2, 0.25) is 5.43 Å². The molecule has 1 saturated heterocycles. The van der Waals surface area contributed by atoms with Crippen molar-refractivity contribution in [2.45, 2.75) is 18.8 Å². The van der Waals surface area contributed by atoms with E-state index in [-0.39, 0.29) is 17.0 Å². The molecule has 1 aromatic carbocycles. The Balaban J connectivity index is 1.98. The number of aromatic nitrogens is 3. The molecule has 0 amide bonds. The van der Waals surface area contributed by atoms with E-state index in [1.54, 1.807) is 7.05 Å². The number of rotatable bonds is 2. The van der Waals surface area contributed by atoms with Crippen LogP contribution in [0.3, 0.4) is 0 Å². The normalized spacial score (nSPS) is 15.7. The highest BCUT2D eigenvalue weighted by Crippen LogP contribution is 2.34. The Morgan fingerprint density at radius 2 is 1.92 bits per heavy atom. The molecule has 3 aromatic rings. The molecule has 1 aliphatic rings. The molecule has 0 radical (unpaired) electrons. The summed E-state index contributed by atoms with van der Waals surface area (Å²) in [6, 6.07) is 3.35. The third-order valence-corrected chi connectivity index (χ3v) is 4.82. The first-order chi connectivity index (χ1) is 12.5. The molecule has 0 bridgehead atoms. The third kappa shape index (κ3) is 2.48. The number of ether oxygens (including phenoxy) is 1. The van der Waals surface area contributed by atoms with E-state index in [1.165, 1.54) is 10.7 Å². The van der Waals surface area contributed by atoms with Gasteiger partial charge in [-0.25, -0.2) is 8.78 Å². The van der Waals surface area contributed by atoms with Gasteiger partial charge in [0.1, 0.15) is 17.3 Å². The zero-order chi connectivity index (χ0) is 18.4. The molecule has 0 atom stereocenters. The van der Waals surface area contributed by atoms with Crippen LogP contribution in [0.2, 0.25) is 0 Å². The summed E-state index contributed by atoms with van der Waals surface area (Å²) in [7, 11) is 1.64. The monoisotopic (exact) mass is 361 g/mol. The number of pyridine rings is 1. The first-order valence-corrected chi connectivity index (χ1v) is 8.33. The molecular weight excluding hydrogens is 344 g/mol. The molecule has 0 spiro atoms. The lowest BCUT2D eigenvalue weighted by atomic mass is 9.94. The van der Waals surface area contributed by atoms with Crippen molar-refractivity contribution in [2.75, 3.05) is 13.2 Å². The highest BCUT2D eigenvalue weighted by molar-refractivity contribution is 5.85. The van der Waals surface area contributed by atoms with Gasteiger partial charge >= 0.3 is 0 Å². The van der Waals surface area contributed by atoms with Crippen molar-refractivity contribution in [3.05, 3.63) is 45.8 Å². The molecule has 136 valence electrons. The fourth-order valence-corrected chi connectivity index (χ4v) is 3.50. The molecular formula is C18H17F2N3O3. The van der Waals surface area contributed by atoms with Gasteiger partial charge < -0.3 is 14.8 Å². The van der Waals surface area contributed by atoms with Crippen molar-refractivity contribution in [2.24, 2.45) is 7.05 Å². The highest BCUT2D eigenvalue weighted by Gasteiger charge is 2.27. The highest BCUT2D eigenvalue weighted by atomic mass is 19.1. The summed E-state index contributed by atoms with van der Waals surface area (Å²) in [5.74, 6) is -2.43. The predicted molar refractivity (Wildman–Crippen MR) is 91.1 cm³/mol. The molecule has 0 unspecified atom stereocenters. The SMILES string of the molecule is Cn1nc(C2CCOCC2)c2c(=O)c(O)c(-c3c(F)cccc3F)[nH]c21. The van der Waals surface area contributed by atoms with Crippen molar-refractivity contribution in [1.29, 1.82) is 0 Å². The lowest BCUT2D eigenvalue weighted by Crippen LogP contribution is -2.16. The molecule has 2 aromatic heterocycles. The van der Waals surface area contributed by atoms with Gasteiger partial charge in [0.05, 0.1) is 22.3 Å². The average Bonchev–Trinajstić information content (AvgIpc) is 2.96. The van der Waals surface area contributed by atoms with Gasteiger partial charge in [-0.05, 0) is 25.0 Å². The van der Waals surface area contributed by atoms with Crippen molar-refractivity contribution in [3.8, 4) is 17.0 Å². The maximum atomic E-state index is 14.1. The van der Waals surface area contributed by atoms with E-state index in [0.717, 1.165) is 25.0 Å². The van der Waals surface area contributed by atoms with Crippen LogP contribution in [0, 0.1) is 11.6 Å². The maximum absolute atomic E-state index is 14.1. The zero-order valence-corrected chi connectivity index (χ0v) is 14.1. The number of hydrogen-bond acceptors (Lipinski definition) is 4. The van der Waals surface area contributed by atoms with Crippen molar-refractivity contribution in [1.82, 2.24) is 14.8 Å². The fourth-order valence-electron chi connectivity index (χ4n) is 3.50. The lowest BCUT2D eigenvalue weighted by Gasteiger charge is -2.20. The van der Waals surface area contributed by atoms with Gasteiger partial charge in [-0.15, -0.1) is 0 Å². The fraction of sp³-hybridized carbons (Fsp3) is 0.333. The van der Waals surface area contributed by atoms with Gasteiger partial charge in [-0.2, -0.15) is 5.10 Å². The third-order valence-electron chi connectivity index (χ3n) is 4.82. The Morgan fingerprint density at radius 3 is 2.58 bits per heavy atom. The molecule has 3 heterocycles. The van der Waals surface area contributed by atoms with E-state index in [4.69, 9.17) is 4.74 Å². The van der Waals surface area contributed by atoms with E-state index >= 15 is 0 Å². The van der Waals surface area contributed by atoms with E-state index in [1.807, 2.05) is 0 Å². The van der Waals surface area contributed by atoms with Crippen molar-refractivity contribution in [3.63, 3.8) is 0 Å². The lowest BCUT2D eigenvalue weighted by molar-refractivity contribution is 0.0846. The van der Waals surface area contributed by atoms with Crippen LogP contribution in [0.15, 0.2) is 23.0 Å². The molecule has 8 heteroatoms. The minimum absolute atomic E-state index is 0.0315. The van der Waals surface area contributed by atoms with Gasteiger partial charge in [0, 0.05) is 26.2 Å². The number of aryl methyl sites for hydroxylation is 1.